The lowest BCUT2D eigenvalue weighted by Gasteiger charge is -2.07. The smallest absolute Gasteiger partial charge is 0.330 e. The number of carbonyl (C=O) groups excluding carboxylic acids is 1. The zero-order valence-electron chi connectivity index (χ0n) is 20.2. The lowest BCUT2D eigenvalue weighted by Crippen LogP contribution is -2.01. The van der Waals surface area contributed by atoms with Crippen LogP contribution in [-0.2, 0) is 16.0 Å². The number of aryl methyl sites for hydroxylation is 1. The van der Waals surface area contributed by atoms with Crippen LogP contribution in [0.2, 0.25) is 5.02 Å². The van der Waals surface area contributed by atoms with Gasteiger partial charge in [0.25, 0.3) is 0 Å². The van der Waals surface area contributed by atoms with E-state index in [2.05, 4.69) is 34.3 Å². The Morgan fingerprint density at radius 3 is 1.91 bits per heavy atom. The number of hydrogen-bond donors (Lipinski definition) is 1. The molecule has 0 heterocycles. The van der Waals surface area contributed by atoms with Gasteiger partial charge in [-0.05, 0) is 60.7 Å². The molecule has 0 radical (unpaired) electrons. The Labute approximate surface area is 205 Å². The minimum atomic E-state index is -0.335. The van der Waals surface area contributed by atoms with Gasteiger partial charge in [-0.2, -0.15) is 0 Å². The van der Waals surface area contributed by atoms with E-state index in [1.807, 2.05) is 24.3 Å². The minimum absolute atomic E-state index is 0.335. The van der Waals surface area contributed by atoms with E-state index in [4.69, 9.17) is 11.6 Å². The monoisotopic (exact) mass is 469 g/mol. The van der Waals surface area contributed by atoms with E-state index in [0.717, 1.165) is 22.8 Å². The Balaban J connectivity index is 1.36. The van der Waals surface area contributed by atoms with Crippen LogP contribution in [0.4, 0.5) is 5.69 Å². The number of halogens is 1. The summed E-state index contributed by atoms with van der Waals surface area (Å²) in [4.78, 5) is 11.1. The average Bonchev–Trinajstić information content (AvgIpc) is 2.84. The zero-order valence-corrected chi connectivity index (χ0v) is 20.9. The molecule has 0 spiro atoms. The van der Waals surface area contributed by atoms with Crippen LogP contribution in [0.3, 0.4) is 0 Å². The fourth-order valence-corrected chi connectivity index (χ4v) is 4.00. The van der Waals surface area contributed by atoms with Crippen molar-refractivity contribution < 1.29 is 9.53 Å². The topological polar surface area (TPSA) is 38.3 Å². The third-order valence-electron chi connectivity index (χ3n) is 5.91. The molecule has 2 aromatic rings. The van der Waals surface area contributed by atoms with Gasteiger partial charge < -0.3 is 10.1 Å². The number of methoxy groups -OCH3 is 1. The van der Waals surface area contributed by atoms with E-state index in [1.165, 1.54) is 95.8 Å². The van der Waals surface area contributed by atoms with Gasteiger partial charge in [0, 0.05) is 23.3 Å². The lowest BCUT2D eigenvalue weighted by atomic mass is 10.0. The number of benzene rings is 2. The summed E-state index contributed by atoms with van der Waals surface area (Å²) in [6, 6.07) is 16.4. The van der Waals surface area contributed by atoms with Crippen molar-refractivity contribution in [2.75, 3.05) is 19.0 Å². The third-order valence-corrected chi connectivity index (χ3v) is 6.16. The number of carbonyl (C=O) groups is 1. The molecule has 0 aliphatic heterocycles. The molecule has 0 bridgehead atoms. The van der Waals surface area contributed by atoms with Crippen molar-refractivity contribution in [2.45, 2.75) is 77.0 Å². The highest BCUT2D eigenvalue weighted by molar-refractivity contribution is 6.30. The molecule has 0 amide bonds. The van der Waals surface area contributed by atoms with E-state index >= 15 is 0 Å². The van der Waals surface area contributed by atoms with Gasteiger partial charge in [-0.1, -0.05) is 93.7 Å². The summed E-state index contributed by atoms with van der Waals surface area (Å²) in [5.74, 6) is -0.335. The Morgan fingerprint density at radius 1 is 0.788 bits per heavy atom. The number of nitrogens with one attached hydrogen (secondary N) is 1. The second kappa shape index (κ2) is 17.2. The predicted molar refractivity (Wildman–Crippen MR) is 142 cm³/mol. The SMILES string of the molecule is COC(=O)/C=C/c1ccc(NCCCCCCCCCCCCCc2ccc(Cl)cc2)cc1. The predicted octanol–water partition coefficient (Wildman–Crippen LogP) is 8.47. The molecule has 3 nitrogen and oxygen atoms in total. The molecule has 0 saturated carbocycles. The van der Waals surface area contributed by atoms with Crippen molar-refractivity contribution in [3.05, 3.63) is 70.8 Å². The summed E-state index contributed by atoms with van der Waals surface area (Å²) < 4.78 is 4.60. The highest BCUT2D eigenvalue weighted by atomic mass is 35.5. The normalized spacial score (nSPS) is 11.1. The summed E-state index contributed by atoms with van der Waals surface area (Å²) in [7, 11) is 1.38. The van der Waals surface area contributed by atoms with E-state index in [9.17, 15) is 4.79 Å². The number of rotatable bonds is 17. The second-order valence-corrected chi connectivity index (χ2v) is 9.11. The van der Waals surface area contributed by atoms with Crippen molar-refractivity contribution in [1.29, 1.82) is 0 Å². The van der Waals surface area contributed by atoms with E-state index in [1.54, 1.807) is 6.08 Å². The highest BCUT2D eigenvalue weighted by Gasteiger charge is 1.97. The first-order valence-electron chi connectivity index (χ1n) is 12.5. The van der Waals surface area contributed by atoms with Crippen molar-refractivity contribution >= 4 is 29.3 Å². The average molecular weight is 470 g/mol. The summed E-state index contributed by atoms with van der Waals surface area (Å²) in [6.45, 7) is 1.01. The maximum Gasteiger partial charge on any atom is 0.330 e. The number of ether oxygens (including phenoxy) is 1. The van der Waals surface area contributed by atoms with Crippen LogP contribution in [-0.4, -0.2) is 19.6 Å². The van der Waals surface area contributed by atoms with Crippen molar-refractivity contribution in [2.24, 2.45) is 0 Å². The standard InChI is InChI=1S/C29H40ClNO2/c1-33-29(32)23-18-26-16-21-28(22-17-26)31-24-12-10-8-6-4-2-3-5-7-9-11-13-25-14-19-27(30)20-15-25/h14-23,31H,2-13,24H2,1H3/b23-18+. The Bertz CT molecular complexity index is 799. The molecule has 0 unspecified atom stereocenters. The third kappa shape index (κ3) is 13.1. The highest BCUT2D eigenvalue weighted by Crippen LogP contribution is 2.15. The van der Waals surface area contributed by atoms with Crippen LogP contribution in [0.15, 0.2) is 54.6 Å². The van der Waals surface area contributed by atoms with Gasteiger partial charge in [0.15, 0.2) is 0 Å². The number of unbranched alkanes of at least 4 members (excludes halogenated alkanes) is 10. The quantitative estimate of drug-likeness (QED) is 0.143. The first-order valence-corrected chi connectivity index (χ1v) is 12.9. The fourth-order valence-electron chi connectivity index (χ4n) is 3.87. The molecular weight excluding hydrogens is 430 g/mol. The van der Waals surface area contributed by atoms with Crippen LogP contribution in [0, 0.1) is 0 Å². The summed E-state index contributed by atoms with van der Waals surface area (Å²) >= 11 is 5.93. The lowest BCUT2D eigenvalue weighted by molar-refractivity contribution is -0.134. The maximum atomic E-state index is 11.1. The van der Waals surface area contributed by atoms with Crippen LogP contribution >= 0.6 is 11.6 Å². The largest absolute Gasteiger partial charge is 0.466 e. The van der Waals surface area contributed by atoms with Gasteiger partial charge in [0.2, 0.25) is 0 Å². The molecule has 0 aliphatic rings. The van der Waals surface area contributed by atoms with Gasteiger partial charge in [0.1, 0.15) is 0 Å². The molecule has 0 aliphatic carbocycles. The van der Waals surface area contributed by atoms with Crippen LogP contribution in [0.1, 0.15) is 81.8 Å². The number of esters is 1. The molecule has 0 atom stereocenters. The van der Waals surface area contributed by atoms with Crippen molar-refractivity contribution in [3.63, 3.8) is 0 Å². The van der Waals surface area contributed by atoms with E-state index < -0.39 is 0 Å². The molecule has 180 valence electrons. The zero-order chi connectivity index (χ0) is 23.6. The molecule has 33 heavy (non-hydrogen) atoms. The van der Waals surface area contributed by atoms with Crippen LogP contribution in [0.25, 0.3) is 6.08 Å². The Hall–Kier alpha value is -2.26. The summed E-state index contributed by atoms with van der Waals surface area (Å²) in [5, 5.41) is 4.30. The first kappa shape index (κ1) is 27.0. The fraction of sp³-hybridized carbons (Fsp3) is 0.483. The second-order valence-electron chi connectivity index (χ2n) is 8.67. The number of anilines is 1. The van der Waals surface area contributed by atoms with Gasteiger partial charge in [-0.25, -0.2) is 4.79 Å². The first-order chi connectivity index (χ1) is 16.2. The summed E-state index contributed by atoms with van der Waals surface area (Å²) in [5.41, 5.74) is 3.51. The molecule has 4 heteroatoms. The Morgan fingerprint density at radius 2 is 1.33 bits per heavy atom. The molecular formula is C29H40ClNO2. The van der Waals surface area contributed by atoms with E-state index in [0.29, 0.717) is 0 Å². The van der Waals surface area contributed by atoms with Crippen molar-refractivity contribution in [3.8, 4) is 0 Å². The van der Waals surface area contributed by atoms with Gasteiger partial charge in [-0.15, -0.1) is 0 Å². The van der Waals surface area contributed by atoms with Crippen LogP contribution < -0.4 is 5.32 Å². The van der Waals surface area contributed by atoms with Gasteiger partial charge in [0.05, 0.1) is 7.11 Å². The van der Waals surface area contributed by atoms with Crippen molar-refractivity contribution in [1.82, 2.24) is 0 Å². The molecule has 0 fully saturated rings. The molecule has 0 saturated heterocycles. The molecule has 1 N–H and O–H groups in total. The van der Waals surface area contributed by atoms with Crippen LogP contribution in [0.5, 0.6) is 0 Å². The summed E-state index contributed by atoms with van der Waals surface area (Å²) in [6.07, 6.45) is 19.1. The Kier molecular flexibility index (Phi) is 14.1. The molecule has 0 aromatic heterocycles. The molecule has 2 rings (SSSR count). The maximum absolute atomic E-state index is 11.1. The van der Waals surface area contributed by atoms with Gasteiger partial charge in [-0.3, -0.25) is 0 Å². The van der Waals surface area contributed by atoms with Gasteiger partial charge >= 0.3 is 5.97 Å². The van der Waals surface area contributed by atoms with E-state index in [-0.39, 0.29) is 5.97 Å². The number of hydrogen-bond acceptors (Lipinski definition) is 3. The molecule has 2 aromatic carbocycles. The minimum Gasteiger partial charge on any atom is -0.466 e.